The van der Waals surface area contributed by atoms with E-state index in [4.69, 9.17) is 19.8 Å². The van der Waals surface area contributed by atoms with Crippen LogP contribution in [-0.4, -0.2) is 25.9 Å². The molecule has 0 saturated heterocycles. The molecule has 0 amide bonds. The fourth-order valence-corrected chi connectivity index (χ4v) is 1.38. The van der Waals surface area contributed by atoms with Crippen molar-refractivity contribution in [1.82, 2.24) is 0 Å². The smallest absolute Gasteiger partial charge is 0.178 e. The van der Waals surface area contributed by atoms with Crippen LogP contribution in [-0.2, 0) is 6.42 Å². The highest BCUT2D eigenvalue weighted by atomic mass is 16.5. The lowest BCUT2D eigenvalue weighted by atomic mass is 10.1. The van der Waals surface area contributed by atoms with Gasteiger partial charge in [0.15, 0.2) is 11.5 Å². The molecule has 15 heavy (non-hydrogen) atoms. The molecular formula is C11H13NO3. The number of nitrogens with zero attached hydrogens (tertiary/aromatic N) is 1. The van der Waals surface area contributed by atoms with Crippen LogP contribution in [0.2, 0.25) is 0 Å². The summed E-state index contributed by atoms with van der Waals surface area (Å²) < 4.78 is 10.2. The molecule has 0 aliphatic carbocycles. The minimum Gasteiger partial charge on any atom is -0.493 e. The molecule has 0 saturated carbocycles. The third-order valence-corrected chi connectivity index (χ3v) is 2.06. The number of methoxy groups -OCH3 is 2. The van der Waals surface area contributed by atoms with Gasteiger partial charge in [-0.3, -0.25) is 0 Å². The number of aliphatic hydroxyl groups is 1. The van der Waals surface area contributed by atoms with Crippen LogP contribution in [0.15, 0.2) is 12.1 Å². The van der Waals surface area contributed by atoms with Gasteiger partial charge in [0.2, 0.25) is 0 Å². The first-order valence-corrected chi connectivity index (χ1v) is 4.52. The van der Waals surface area contributed by atoms with Crippen molar-refractivity contribution in [2.45, 2.75) is 6.42 Å². The lowest BCUT2D eigenvalue weighted by molar-refractivity contribution is 0.299. The van der Waals surface area contributed by atoms with Crippen LogP contribution in [0, 0.1) is 11.3 Å². The number of benzene rings is 1. The molecule has 0 bridgehead atoms. The molecule has 1 N–H and O–H groups in total. The predicted octanol–water partition coefficient (Wildman–Crippen LogP) is 1.11. The normalized spacial score (nSPS) is 9.47. The fraction of sp³-hybridized carbons (Fsp3) is 0.364. The molecule has 0 heterocycles. The van der Waals surface area contributed by atoms with E-state index < -0.39 is 0 Å². The Bertz CT molecular complexity index is 382. The van der Waals surface area contributed by atoms with Crippen molar-refractivity contribution in [1.29, 1.82) is 5.26 Å². The molecule has 0 aliphatic rings. The molecule has 4 heteroatoms. The summed E-state index contributed by atoms with van der Waals surface area (Å²) in [5, 5.41) is 17.7. The molecule has 0 aromatic heterocycles. The monoisotopic (exact) mass is 207 g/mol. The second kappa shape index (κ2) is 5.23. The van der Waals surface area contributed by atoms with E-state index in [0.29, 0.717) is 23.5 Å². The number of aliphatic hydroxyl groups excluding tert-OH is 1. The van der Waals surface area contributed by atoms with Gasteiger partial charge in [0, 0.05) is 6.61 Å². The number of hydrogen-bond donors (Lipinski definition) is 1. The second-order valence-electron chi connectivity index (χ2n) is 2.96. The topological polar surface area (TPSA) is 62.5 Å². The highest BCUT2D eigenvalue weighted by Crippen LogP contribution is 2.32. The summed E-state index contributed by atoms with van der Waals surface area (Å²) in [6.45, 7) is 0.0420. The second-order valence-corrected chi connectivity index (χ2v) is 2.96. The first kappa shape index (κ1) is 11.3. The molecule has 0 radical (unpaired) electrons. The summed E-state index contributed by atoms with van der Waals surface area (Å²) in [6, 6.07) is 5.49. The third-order valence-electron chi connectivity index (χ3n) is 2.06. The minimum absolute atomic E-state index is 0.0420. The largest absolute Gasteiger partial charge is 0.493 e. The van der Waals surface area contributed by atoms with Gasteiger partial charge in [0.05, 0.1) is 19.8 Å². The Morgan fingerprint density at radius 2 is 2.07 bits per heavy atom. The molecule has 4 nitrogen and oxygen atoms in total. The number of rotatable bonds is 4. The van der Waals surface area contributed by atoms with Crippen LogP contribution in [0.1, 0.15) is 11.1 Å². The molecule has 1 aromatic rings. The quantitative estimate of drug-likeness (QED) is 0.803. The van der Waals surface area contributed by atoms with Gasteiger partial charge >= 0.3 is 0 Å². The number of nitriles is 1. The van der Waals surface area contributed by atoms with Gasteiger partial charge in [-0.05, 0) is 24.1 Å². The van der Waals surface area contributed by atoms with Gasteiger partial charge < -0.3 is 14.6 Å². The van der Waals surface area contributed by atoms with Gasteiger partial charge in [-0.15, -0.1) is 0 Å². The summed E-state index contributed by atoms with van der Waals surface area (Å²) in [5.41, 5.74) is 1.27. The van der Waals surface area contributed by atoms with Crippen molar-refractivity contribution in [3.63, 3.8) is 0 Å². The summed E-state index contributed by atoms with van der Waals surface area (Å²) in [6.07, 6.45) is 0.495. The number of ether oxygens (including phenoxy) is 2. The number of hydrogen-bond acceptors (Lipinski definition) is 4. The first-order valence-electron chi connectivity index (χ1n) is 4.52. The Hall–Kier alpha value is -1.73. The molecule has 0 fully saturated rings. The zero-order valence-corrected chi connectivity index (χ0v) is 8.78. The summed E-state index contributed by atoms with van der Waals surface area (Å²) in [5.74, 6) is 0.946. The molecule has 0 aliphatic heterocycles. The van der Waals surface area contributed by atoms with E-state index in [2.05, 4.69) is 0 Å². The van der Waals surface area contributed by atoms with E-state index in [-0.39, 0.29) is 6.61 Å². The maximum atomic E-state index is 8.91. The SMILES string of the molecule is COc1cc(CCO)cc(C#N)c1OC. The maximum Gasteiger partial charge on any atom is 0.178 e. The van der Waals surface area contributed by atoms with Crippen LogP contribution < -0.4 is 9.47 Å². The van der Waals surface area contributed by atoms with Crippen LogP contribution in [0.4, 0.5) is 0 Å². The van der Waals surface area contributed by atoms with E-state index in [1.54, 1.807) is 12.1 Å². The Kier molecular flexibility index (Phi) is 3.95. The molecule has 1 rings (SSSR count). The molecule has 0 unspecified atom stereocenters. The lowest BCUT2D eigenvalue weighted by Crippen LogP contribution is -1.98. The lowest BCUT2D eigenvalue weighted by Gasteiger charge is -2.10. The molecule has 0 atom stereocenters. The van der Waals surface area contributed by atoms with E-state index in [1.165, 1.54) is 14.2 Å². The molecule has 80 valence electrons. The summed E-state index contributed by atoms with van der Waals surface area (Å²) in [4.78, 5) is 0. The van der Waals surface area contributed by atoms with E-state index in [1.807, 2.05) is 6.07 Å². The van der Waals surface area contributed by atoms with Crippen LogP contribution in [0.25, 0.3) is 0 Å². The van der Waals surface area contributed by atoms with Crippen molar-refractivity contribution in [2.24, 2.45) is 0 Å². The predicted molar refractivity (Wildman–Crippen MR) is 55.1 cm³/mol. The third kappa shape index (κ3) is 2.39. The average Bonchev–Trinajstić information content (AvgIpc) is 2.28. The molecule has 1 aromatic carbocycles. The van der Waals surface area contributed by atoms with Crippen molar-refractivity contribution < 1.29 is 14.6 Å². The van der Waals surface area contributed by atoms with Gasteiger partial charge in [-0.1, -0.05) is 0 Å². The maximum absolute atomic E-state index is 8.91. The molecule has 0 spiro atoms. The van der Waals surface area contributed by atoms with Crippen LogP contribution in [0.5, 0.6) is 11.5 Å². The zero-order valence-electron chi connectivity index (χ0n) is 8.78. The van der Waals surface area contributed by atoms with Crippen molar-refractivity contribution in [3.05, 3.63) is 23.3 Å². The van der Waals surface area contributed by atoms with Crippen molar-refractivity contribution >= 4 is 0 Å². The first-order chi connectivity index (χ1) is 7.26. The van der Waals surface area contributed by atoms with E-state index >= 15 is 0 Å². The van der Waals surface area contributed by atoms with Gasteiger partial charge in [-0.2, -0.15) is 5.26 Å². The van der Waals surface area contributed by atoms with E-state index in [0.717, 1.165) is 5.56 Å². The Balaban J connectivity index is 3.24. The van der Waals surface area contributed by atoms with Gasteiger partial charge in [0.1, 0.15) is 6.07 Å². The molecular weight excluding hydrogens is 194 g/mol. The Morgan fingerprint density at radius 1 is 1.33 bits per heavy atom. The van der Waals surface area contributed by atoms with Crippen molar-refractivity contribution in [2.75, 3.05) is 20.8 Å². The highest BCUT2D eigenvalue weighted by Gasteiger charge is 2.11. The zero-order chi connectivity index (χ0) is 11.3. The van der Waals surface area contributed by atoms with Crippen molar-refractivity contribution in [3.8, 4) is 17.6 Å². The average molecular weight is 207 g/mol. The summed E-state index contributed by atoms with van der Waals surface area (Å²) in [7, 11) is 3.01. The summed E-state index contributed by atoms with van der Waals surface area (Å²) >= 11 is 0. The van der Waals surface area contributed by atoms with Gasteiger partial charge in [-0.25, -0.2) is 0 Å². The van der Waals surface area contributed by atoms with E-state index in [9.17, 15) is 0 Å². The minimum atomic E-state index is 0.0420. The standard InChI is InChI=1S/C11H13NO3/c1-14-10-6-8(3-4-13)5-9(7-12)11(10)15-2/h5-6,13H,3-4H2,1-2H3. The highest BCUT2D eigenvalue weighted by molar-refractivity contribution is 5.54. The fourth-order valence-electron chi connectivity index (χ4n) is 1.38. The van der Waals surface area contributed by atoms with Crippen LogP contribution in [0.3, 0.4) is 0 Å². The van der Waals surface area contributed by atoms with Gasteiger partial charge in [0.25, 0.3) is 0 Å². The van der Waals surface area contributed by atoms with Crippen LogP contribution >= 0.6 is 0 Å². The Labute approximate surface area is 88.7 Å². The Morgan fingerprint density at radius 3 is 2.53 bits per heavy atom.